The Hall–Kier alpha value is -1.15. The first-order chi connectivity index (χ1) is 8.24. The molecule has 0 aliphatic rings. The molecule has 1 N–H and O–H groups in total. The molecule has 0 aliphatic carbocycles. The molecule has 0 amide bonds. The zero-order valence-corrected chi connectivity index (χ0v) is 11.3. The quantitative estimate of drug-likeness (QED) is 0.767. The average molecular weight is 235 g/mol. The Kier molecular flexibility index (Phi) is 10.6. The van der Waals surface area contributed by atoms with Gasteiger partial charge in [0, 0.05) is 12.5 Å². The fraction of sp³-hybridized carbons (Fsp3) is 0.533. The van der Waals surface area contributed by atoms with E-state index in [4.69, 9.17) is 0 Å². The fourth-order valence-electron chi connectivity index (χ4n) is 1.40. The summed E-state index contributed by atoms with van der Waals surface area (Å²) in [5.41, 5.74) is 1.45. The number of hydrogen-bond donors (Lipinski definition) is 1. The third-order valence-electron chi connectivity index (χ3n) is 2.60. The predicted molar refractivity (Wildman–Crippen MR) is 74.3 cm³/mol. The largest absolute Gasteiger partial charge is 0.317 e. The third-order valence-corrected chi connectivity index (χ3v) is 2.60. The van der Waals surface area contributed by atoms with Gasteiger partial charge >= 0.3 is 0 Å². The molecule has 0 bridgehead atoms. The summed E-state index contributed by atoms with van der Waals surface area (Å²) in [4.78, 5) is 9.17. The van der Waals surface area contributed by atoms with Crippen LogP contribution in [0, 0.1) is 0 Å². The van der Waals surface area contributed by atoms with Crippen LogP contribution in [-0.2, 0) is 11.2 Å². The van der Waals surface area contributed by atoms with Crippen molar-refractivity contribution in [1.82, 2.24) is 5.32 Å². The van der Waals surface area contributed by atoms with Gasteiger partial charge in [-0.2, -0.15) is 0 Å². The molecule has 1 atom stereocenters. The highest BCUT2D eigenvalue weighted by Gasteiger charge is 1.97. The Morgan fingerprint density at radius 2 is 1.88 bits per heavy atom. The molecular weight excluding hydrogens is 210 g/mol. The van der Waals surface area contributed by atoms with Crippen LogP contribution in [0.5, 0.6) is 0 Å². The molecule has 0 aromatic heterocycles. The van der Waals surface area contributed by atoms with Crippen molar-refractivity contribution in [1.29, 1.82) is 0 Å². The SMILES string of the molecule is CCC=O.CNC(C)CCCc1ccccc1. The lowest BCUT2D eigenvalue weighted by molar-refractivity contribution is -0.107. The van der Waals surface area contributed by atoms with E-state index < -0.39 is 0 Å². The Morgan fingerprint density at radius 1 is 1.29 bits per heavy atom. The zero-order valence-electron chi connectivity index (χ0n) is 11.3. The Labute approximate surface area is 105 Å². The van der Waals surface area contributed by atoms with E-state index in [1.807, 2.05) is 14.0 Å². The van der Waals surface area contributed by atoms with Gasteiger partial charge in [0.05, 0.1) is 0 Å². The Bertz CT molecular complexity index is 272. The smallest absolute Gasteiger partial charge is 0.119 e. The van der Waals surface area contributed by atoms with Gasteiger partial charge in [0.1, 0.15) is 6.29 Å². The number of carbonyl (C=O) groups is 1. The highest BCUT2D eigenvalue weighted by atomic mass is 16.1. The molecule has 2 nitrogen and oxygen atoms in total. The maximum absolute atomic E-state index is 9.17. The number of hydrogen-bond acceptors (Lipinski definition) is 2. The number of carbonyl (C=O) groups excluding carboxylic acids is 1. The summed E-state index contributed by atoms with van der Waals surface area (Å²) in [6, 6.07) is 11.3. The molecule has 0 radical (unpaired) electrons. The summed E-state index contributed by atoms with van der Waals surface area (Å²) >= 11 is 0. The number of nitrogens with one attached hydrogen (secondary N) is 1. The van der Waals surface area contributed by atoms with Crippen molar-refractivity contribution in [3.05, 3.63) is 35.9 Å². The standard InChI is InChI=1S/C12H19N.C3H6O/c1-11(13-2)7-6-10-12-8-4-3-5-9-12;1-2-3-4/h3-5,8-9,11,13H,6-7,10H2,1-2H3;3H,2H2,1H3. The topological polar surface area (TPSA) is 29.1 Å². The molecule has 1 aromatic rings. The first-order valence-corrected chi connectivity index (χ1v) is 6.39. The summed E-state index contributed by atoms with van der Waals surface area (Å²) in [6.45, 7) is 4.04. The molecule has 17 heavy (non-hydrogen) atoms. The van der Waals surface area contributed by atoms with Crippen molar-refractivity contribution in [3.63, 3.8) is 0 Å². The van der Waals surface area contributed by atoms with Gasteiger partial charge < -0.3 is 10.1 Å². The van der Waals surface area contributed by atoms with Crippen LogP contribution in [0.15, 0.2) is 30.3 Å². The summed E-state index contributed by atoms with van der Waals surface area (Å²) in [7, 11) is 2.02. The summed E-state index contributed by atoms with van der Waals surface area (Å²) in [5, 5.41) is 3.25. The van der Waals surface area contributed by atoms with E-state index in [-0.39, 0.29) is 0 Å². The number of rotatable bonds is 6. The Balaban J connectivity index is 0.000000557. The van der Waals surface area contributed by atoms with Crippen LogP contribution >= 0.6 is 0 Å². The van der Waals surface area contributed by atoms with Crippen molar-refractivity contribution >= 4 is 6.29 Å². The first kappa shape index (κ1) is 15.9. The molecule has 2 heteroatoms. The highest BCUT2D eigenvalue weighted by molar-refractivity contribution is 5.48. The molecule has 96 valence electrons. The molecule has 1 rings (SSSR count). The van der Waals surface area contributed by atoms with Gasteiger partial charge in [0.2, 0.25) is 0 Å². The highest BCUT2D eigenvalue weighted by Crippen LogP contribution is 2.05. The number of aldehydes is 1. The number of benzene rings is 1. The van der Waals surface area contributed by atoms with Crippen molar-refractivity contribution in [2.75, 3.05) is 7.05 Å². The van der Waals surface area contributed by atoms with Gasteiger partial charge in [-0.05, 0) is 38.8 Å². The second kappa shape index (κ2) is 11.3. The van der Waals surface area contributed by atoms with Crippen molar-refractivity contribution in [2.24, 2.45) is 0 Å². The first-order valence-electron chi connectivity index (χ1n) is 6.39. The van der Waals surface area contributed by atoms with E-state index in [1.165, 1.54) is 24.8 Å². The summed E-state index contributed by atoms with van der Waals surface area (Å²) in [5.74, 6) is 0. The lowest BCUT2D eigenvalue weighted by Crippen LogP contribution is -2.20. The van der Waals surface area contributed by atoms with Crippen LogP contribution in [0.4, 0.5) is 0 Å². The van der Waals surface area contributed by atoms with E-state index in [0.29, 0.717) is 12.5 Å². The third kappa shape index (κ3) is 9.76. The average Bonchev–Trinajstić information content (AvgIpc) is 2.40. The van der Waals surface area contributed by atoms with Gasteiger partial charge in [-0.3, -0.25) is 0 Å². The van der Waals surface area contributed by atoms with Crippen LogP contribution < -0.4 is 5.32 Å². The number of aryl methyl sites for hydroxylation is 1. The molecule has 0 aliphatic heterocycles. The van der Waals surface area contributed by atoms with Crippen LogP contribution in [0.3, 0.4) is 0 Å². The van der Waals surface area contributed by atoms with E-state index in [1.54, 1.807) is 0 Å². The minimum atomic E-state index is 0.639. The molecule has 0 saturated carbocycles. The van der Waals surface area contributed by atoms with Gasteiger partial charge in [-0.15, -0.1) is 0 Å². The molecule has 0 fully saturated rings. The maximum Gasteiger partial charge on any atom is 0.119 e. The Morgan fingerprint density at radius 3 is 2.35 bits per heavy atom. The van der Waals surface area contributed by atoms with E-state index in [0.717, 1.165) is 6.29 Å². The van der Waals surface area contributed by atoms with E-state index >= 15 is 0 Å². The zero-order chi connectivity index (χ0) is 12.9. The summed E-state index contributed by atoms with van der Waals surface area (Å²) < 4.78 is 0. The molecule has 1 aromatic carbocycles. The van der Waals surface area contributed by atoms with Gasteiger partial charge in [0.25, 0.3) is 0 Å². The van der Waals surface area contributed by atoms with Gasteiger partial charge in [-0.25, -0.2) is 0 Å². The minimum absolute atomic E-state index is 0.639. The lowest BCUT2D eigenvalue weighted by atomic mass is 10.1. The van der Waals surface area contributed by atoms with E-state index in [9.17, 15) is 4.79 Å². The summed E-state index contributed by atoms with van der Waals surface area (Å²) in [6.07, 6.45) is 5.24. The van der Waals surface area contributed by atoms with Crippen LogP contribution in [-0.4, -0.2) is 19.4 Å². The second-order valence-electron chi connectivity index (χ2n) is 4.14. The van der Waals surface area contributed by atoms with Crippen molar-refractivity contribution in [3.8, 4) is 0 Å². The normalized spacial score (nSPS) is 11.2. The second-order valence-corrected chi connectivity index (χ2v) is 4.14. The predicted octanol–water partition coefficient (Wildman–Crippen LogP) is 3.21. The van der Waals surface area contributed by atoms with Crippen LogP contribution in [0.25, 0.3) is 0 Å². The maximum atomic E-state index is 9.17. The van der Waals surface area contributed by atoms with E-state index in [2.05, 4.69) is 42.6 Å². The van der Waals surface area contributed by atoms with Crippen LogP contribution in [0.2, 0.25) is 0 Å². The van der Waals surface area contributed by atoms with Crippen molar-refractivity contribution in [2.45, 2.75) is 45.6 Å². The fourth-order valence-corrected chi connectivity index (χ4v) is 1.40. The molecule has 0 saturated heterocycles. The molecule has 1 unspecified atom stereocenters. The van der Waals surface area contributed by atoms with Gasteiger partial charge in [-0.1, -0.05) is 37.3 Å². The molecular formula is C15H25NO. The van der Waals surface area contributed by atoms with Gasteiger partial charge in [0.15, 0.2) is 0 Å². The van der Waals surface area contributed by atoms with Crippen LogP contribution in [0.1, 0.15) is 38.7 Å². The minimum Gasteiger partial charge on any atom is -0.317 e. The van der Waals surface area contributed by atoms with Crippen molar-refractivity contribution < 1.29 is 4.79 Å². The monoisotopic (exact) mass is 235 g/mol. The molecule has 0 spiro atoms. The molecule has 0 heterocycles. The lowest BCUT2D eigenvalue weighted by Gasteiger charge is -2.08.